The van der Waals surface area contributed by atoms with E-state index in [1.807, 2.05) is 12.1 Å². The van der Waals surface area contributed by atoms with Crippen LogP contribution in [0.15, 0.2) is 24.3 Å². The molecule has 68 valence electrons. The van der Waals surface area contributed by atoms with Gasteiger partial charge in [0.05, 0.1) is 0 Å². The molecule has 1 aromatic rings. The van der Waals surface area contributed by atoms with Gasteiger partial charge in [0.1, 0.15) is 0 Å². The summed E-state index contributed by atoms with van der Waals surface area (Å²) in [6.07, 6.45) is 0. The van der Waals surface area contributed by atoms with Gasteiger partial charge in [-0.05, 0) is 24.6 Å². The summed E-state index contributed by atoms with van der Waals surface area (Å²) in [6, 6.07) is 8.25. The first-order valence-corrected chi connectivity index (χ1v) is 3.88. The van der Waals surface area contributed by atoms with Gasteiger partial charge in [-0.1, -0.05) is 19.1 Å². The molecule has 0 radical (unpaired) electrons. The Hall–Kier alpha value is -0.730. The summed E-state index contributed by atoms with van der Waals surface area (Å²) < 4.78 is 0. The minimum atomic E-state index is 0. The summed E-state index contributed by atoms with van der Waals surface area (Å²) in [5, 5.41) is 0. The maximum atomic E-state index is 3.09. The van der Waals surface area contributed by atoms with Crippen molar-refractivity contribution >= 4 is 18.1 Å². The topological polar surface area (TPSA) is 24.1 Å². The number of nitrogens with one attached hydrogen (secondary N) is 2. The van der Waals surface area contributed by atoms with Crippen LogP contribution in [0.25, 0.3) is 0 Å². The molecule has 0 aliphatic heterocycles. The van der Waals surface area contributed by atoms with Gasteiger partial charge in [-0.25, -0.2) is 5.43 Å². The summed E-state index contributed by atoms with van der Waals surface area (Å²) >= 11 is 0. The van der Waals surface area contributed by atoms with Crippen LogP contribution in [0, 0.1) is 6.92 Å². The summed E-state index contributed by atoms with van der Waals surface area (Å²) in [6.45, 7) is 5.06. The van der Waals surface area contributed by atoms with Gasteiger partial charge in [0.15, 0.2) is 0 Å². The van der Waals surface area contributed by atoms with Crippen LogP contribution in [0.1, 0.15) is 12.5 Å². The van der Waals surface area contributed by atoms with E-state index in [-0.39, 0.29) is 12.4 Å². The summed E-state index contributed by atoms with van der Waals surface area (Å²) in [5.74, 6) is 0. The smallest absolute Gasteiger partial charge is 0.0490 e. The standard InChI is InChI=1S/C9H14N2.ClH/c1-3-10-11-9-6-4-5-8(2)7-9;/h4-7,10-11H,3H2,1-2H3;1H. The van der Waals surface area contributed by atoms with Crippen LogP contribution in [0.4, 0.5) is 5.69 Å². The van der Waals surface area contributed by atoms with Crippen molar-refractivity contribution in [3.63, 3.8) is 0 Å². The van der Waals surface area contributed by atoms with Gasteiger partial charge in [-0.15, -0.1) is 12.4 Å². The molecule has 0 aliphatic rings. The van der Waals surface area contributed by atoms with E-state index in [1.165, 1.54) is 5.56 Å². The highest BCUT2D eigenvalue weighted by atomic mass is 35.5. The number of hydrazine groups is 1. The molecule has 0 spiro atoms. The second-order valence-corrected chi connectivity index (χ2v) is 2.52. The molecule has 0 unspecified atom stereocenters. The Morgan fingerprint density at radius 2 is 2.08 bits per heavy atom. The maximum Gasteiger partial charge on any atom is 0.0490 e. The van der Waals surface area contributed by atoms with Crippen molar-refractivity contribution in [3.05, 3.63) is 29.8 Å². The van der Waals surface area contributed by atoms with E-state index in [0.29, 0.717) is 0 Å². The lowest BCUT2D eigenvalue weighted by molar-refractivity contribution is 0.844. The number of hydrogen-bond donors (Lipinski definition) is 2. The first-order chi connectivity index (χ1) is 5.33. The summed E-state index contributed by atoms with van der Waals surface area (Å²) in [7, 11) is 0. The van der Waals surface area contributed by atoms with Gasteiger partial charge in [-0.3, -0.25) is 0 Å². The Bertz CT molecular complexity index is 226. The van der Waals surface area contributed by atoms with E-state index >= 15 is 0 Å². The molecule has 0 aromatic heterocycles. The Labute approximate surface area is 79.7 Å². The molecule has 0 atom stereocenters. The molecule has 2 N–H and O–H groups in total. The lowest BCUT2D eigenvalue weighted by Crippen LogP contribution is -2.20. The van der Waals surface area contributed by atoms with Gasteiger partial charge in [0.2, 0.25) is 0 Å². The number of aryl methyl sites for hydroxylation is 1. The van der Waals surface area contributed by atoms with E-state index < -0.39 is 0 Å². The van der Waals surface area contributed by atoms with E-state index in [9.17, 15) is 0 Å². The molecular formula is C9H15ClN2. The molecule has 1 aromatic carbocycles. The van der Waals surface area contributed by atoms with Gasteiger partial charge in [-0.2, -0.15) is 0 Å². The average molecular weight is 187 g/mol. The lowest BCUT2D eigenvalue weighted by Gasteiger charge is -2.05. The monoisotopic (exact) mass is 186 g/mol. The first-order valence-electron chi connectivity index (χ1n) is 3.88. The zero-order valence-electron chi connectivity index (χ0n) is 7.42. The fourth-order valence-electron chi connectivity index (χ4n) is 0.913. The number of hydrogen-bond acceptors (Lipinski definition) is 2. The van der Waals surface area contributed by atoms with Gasteiger partial charge in [0.25, 0.3) is 0 Å². The quantitative estimate of drug-likeness (QED) is 0.709. The van der Waals surface area contributed by atoms with Crippen LogP contribution < -0.4 is 10.9 Å². The molecule has 3 heteroatoms. The second kappa shape index (κ2) is 5.86. The van der Waals surface area contributed by atoms with Crippen molar-refractivity contribution in [3.8, 4) is 0 Å². The van der Waals surface area contributed by atoms with Crippen molar-refractivity contribution in [1.82, 2.24) is 5.43 Å². The number of rotatable bonds is 3. The van der Waals surface area contributed by atoms with Crippen LogP contribution in [0.5, 0.6) is 0 Å². The van der Waals surface area contributed by atoms with E-state index in [4.69, 9.17) is 0 Å². The molecular weight excluding hydrogens is 172 g/mol. The van der Waals surface area contributed by atoms with Crippen molar-refractivity contribution in [2.75, 3.05) is 12.0 Å². The Kier molecular flexibility index (Phi) is 5.51. The third-order valence-corrected chi connectivity index (χ3v) is 1.43. The fourth-order valence-corrected chi connectivity index (χ4v) is 0.913. The second-order valence-electron chi connectivity index (χ2n) is 2.52. The lowest BCUT2D eigenvalue weighted by atomic mass is 10.2. The Morgan fingerprint density at radius 3 is 2.67 bits per heavy atom. The zero-order chi connectivity index (χ0) is 8.10. The molecule has 0 bridgehead atoms. The zero-order valence-corrected chi connectivity index (χ0v) is 8.24. The van der Waals surface area contributed by atoms with Crippen molar-refractivity contribution < 1.29 is 0 Å². The third kappa shape index (κ3) is 3.60. The predicted molar refractivity (Wildman–Crippen MR) is 55.7 cm³/mol. The normalized spacial score (nSPS) is 8.83. The molecule has 0 amide bonds. The van der Waals surface area contributed by atoms with E-state index in [2.05, 4.69) is 36.8 Å². The Morgan fingerprint density at radius 1 is 1.33 bits per heavy atom. The molecule has 0 saturated heterocycles. The highest BCUT2D eigenvalue weighted by Crippen LogP contribution is 2.07. The first kappa shape index (κ1) is 11.3. The summed E-state index contributed by atoms with van der Waals surface area (Å²) in [4.78, 5) is 0. The van der Waals surface area contributed by atoms with Crippen molar-refractivity contribution in [2.45, 2.75) is 13.8 Å². The minimum absolute atomic E-state index is 0. The number of benzene rings is 1. The van der Waals surface area contributed by atoms with E-state index in [0.717, 1.165) is 12.2 Å². The van der Waals surface area contributed by atoms with Crippen molar-refractivity contribution in [1.29, 1.82) is 0 Å². The molecule has 12 heavy (non-hydrogen) atoms. The largest absolute Gasteiger partial charge is 0.322 e. The van der Waals surface area contributed by atoms with Crippen LogP contribution in [-0.2, 0) is 0 Å². The minimum Gasteiger partial charge on any atom is -0.322 e. The SMILES string of the molecule is CCNNc1cccc(C)c1.Cl. The van der Waals surface area contributed by atoms with Crippen LogP contribution in [-0.4, -0.2) is 6.54 Å². The van der Waals surface area contributed by atoms with Gasteiger partial charge >= 0.3 is 0 Å². The molecule has 0 saturated carbocycles. The third-order valence-electron chi connectivity index (χ3n) is 1.43. The van der Waals surface area contributed by atoms with Crippen LogP contribution in [0.3, 0.4) is 0 Å². The number of anilines is 1. The molecule has 0 fully saturated rings. The molecule has 2 nitrogen and oxygen atoms in total. The average Bonchev–Trinajstić information content (AvgIpc) is 2.01. The molecule has 0 aliphatic carbocycles. The van der Waals surface area contributed by atoms with Crippen molar-refractivity contribution in [2.24, 2.45) is 0 Å². The van der Waals surface area contributed by atoms with Crippen LogP contribution in [0.2, 0.25) is 0 Å². The molecule has 0 heterocycles. The molecule has 1 rings (SSSR count). The van der Waals surface area contributed by atoms with Gasteiger partial charge < -0.3 is 5.43 Å². The fraction of sp³-hybridized carbons (Fsp3) is 0.333. The maximum absolute atomic E-state index is 3.09. The highest BCUT2D eigenvalue weighted by molar-refractivity contribution is 5.85. The van der Waals surface area contributed by atoms with Gasteiger partial charge in [0, 0.05) is 12.2 Å². The predicted octanol–water partition coefficient (Wildman–Crippen LogP) is 2.35. The highest BCUT2D eigenvalue weighted by Gasteiger charge is 1.88. The number of halogens is 1. The summed E-state index contributed by atoms with van der Waals surface area (Å²) in [5.41, 5.74) is 8.52. The Balaban J connectivity index is 0.00000121. The van der Waals surface area contributed by atoms with Crippen LogP contribution >= 0.6 is 12.4 Å². The van der Waals surface area contributed by atoms with E-state index in [1.54, 1.807) is 0 Å².